The predicted octanol–water partition coefficient (Wildman–Crippen LogP) is 2.84. The van der Waals surface area contributed by atoms with Gasteiger partial charge in [0, 0.05) is 44.0 Å². The molecule has 2 fully saturated rings. The van der Waals surface area contributed by atoms with Crippen LogP contribution in [0.5, 0.6) is 0 Å². The van der Waals surface area contributed by atoms with E-state index in [1.54, 1.807) is 12.4 Å². The molecule has 4 heterocycles. The average molecular weight is 369 g/mol. The molecule has 0 N–H and O–H groups in total. The van der Waals surface area contributed by atoms with E-state index in [0.29, 0.717) is 6.42 Å². The van der Waals surface area contributed by atoms with Crippen molar-refractivity contribution in [3.63, 3.8) is 0 Å². The molecule has 2 amide bonds. The van der Waals surface area contributed by atoms with E-state index in [0.717, 1.165) is 55.9 Å². The summed E-state index contributed by atoms with van der Waals surface area (Å²) in [6, 6.07) is 7.62. The molecule has 1 spiro atoms. The molecule has 26 heavy (non-hydrogen) atoms. The van der Waals surface area contributed by atoms with Crippen molar-refractivity contribution in [1.82, 2.24) is 14.8 Å². The molecule has 0 unspecified atom stereocenters. The van der Waals surface area contributed by atoms with Gasteiger partial charge in [-0.15, -0.1) is 11.3 Å². The Hall–Kier alpha value is -2.21. The lowest BCUT2D eigenvalue weighted by molar-refractivity contribution is -0.133. The molecule has 2 aliphatic rings. The Morgan fingerprint density at radius 1 is 1.12 bits per heavy atom. The van der Waals surface area contributed by atoms with Crippen molar-refractivity contribution in [3.05, 3.63) is 52.5 Å². The summed E-state index contributed by atoms with van der Waals surface area (Å²) < 4.78 is 0. The molecule has 0 aliphatic carbocycles. The first-order valence-corrected chi connectivity index (χ1v) is 10.0. The summed E-state index contributed by atoms with van der Waals surface area (Å²) in [7, 11) is 0. The zero-order valence-electron chi connectivity index (χ0n) is 14.8. The van der Waals surface area contributed by atoms with Crippen molar-refractivity contribution in [2.75, 3.05) is 26.2 Å². The van der Waals surface area contributed by atoms with Gasteiger partial charge in [0.05, 0.1) is 11.3 Å². The predicted molar refractivity (Wildman–Crippen MR) is 101 cm³/mol. The molecule has 2 aromatic heterocycles. The average Bonchev–Trinajstić information content (AvgIpc) is 3.33. The van der Waals surface area contributed by atoms with Crippen LogP contribution >= 0.6 is 11.3 Å². The highest BCUT2D eigenvalue weighted by Gasteiger charge is 2.43. The largest absolute Gasteiger partial charge is 0.342 e. The maximum Gasteiger partial charge on any atom is 0.263 e. The highest BCUT2D eigenvalue weighted by molar-refractivity contribution is 7.12. The lowest BCUT2D eigenvalue weighted by Gasteiger charge is -2.40. The third-order valence-corrected chi connectivity index (χ3v) is 6.41. The van der Waals surface area contributed by atoms with E-state index in [9.17, 15) is 9.59 Å². The van der Waals surface area contributed by atoms with Gasteiger partial charge in [0.2, 0.25) is 5.91 Å². The van der Waals surface area contributed by atoms with Crippen LogP contribution in [-0.4, -0.2) is 52.8 Å². The summed E-state index contributed by atoms with van der Waals surface area (Å²) in [5.74, 6) is 0.302. The zero-order chi connectivity index (χ0) is 18.0. The molecular weight excluding hydrogens is 346 g/mol. The van der Waals surface area contributed by atoms with Gasteiger partial charge in [-0.3, -0.25) is 14.6 Å². The van der Waals surface area contributed by atoms with Gasteiger partial charge >= 0.3 is 0 Å². The molecule has 0 radical (unpaired) electrons. The monoisotopic (exact) mass is 369 g/mol. The van der Waals surface area contributed by atoms with Gasteiger partial charge < -0.3 is 9.80 Å². The van der Waals surface area contributed by atoms with Gasteiger partial charge in [0.15, 0.2) is 0 Å². The van der Waals surface area contributed by atoms with Crippen molar-refractivity contribution >= 4 is 23.2 Å². The van der Waals surface area contributed by atoms with Crippen molar-refractivity contribution in [2.45, 2.75) is 25.7 Å². The van der Waals surface area contributed by atoms with E-state index in [1.807, 2.05) is 39.4 Å². The van der Waals surface area contributed by atoms with E-state index in [2.05, 4.69) is 4.98 Å². The van der Waals surface area contributed by atoms with Gasteiger partial charge in [-0.25, -0.2) is 0 Å². The van der Waals surface area contributed by atoms with Crippen molar-refractivity contribution in [3.8, 4) is 0 Å². The van der Waals surface area contributed by atoms with Crippen LogP contribution in [-0.2, 0) is 11.2 Å². The second-order valence-corrected chi connectivity index (χ2v) is 8.36. The Bertz CT molecular complexity index is 778. The molecular formula is C20H23N3O2S. The molecule has 136 valence electrons. The van der Waals surface area contributed by atoms with E-state index in [-0.39, 0.29) is 17.2 Å². The van der Waals surface area contributed by atoms with Gasteiger partial charge in [0.1, 0.15) is 0 Å². The summed E-state index contributed by atoms with van der Waals surface area (Å²) in [4.78, 5) is 34.2. The van der Waals surface area contributed by atoms with Crippen molar-refractivity contribution in [2.24, 2.45) is 5.41 Å². The molecule has 0 bridgehead atoms. The molecule has 4 rings (SSSR count). The molecule has 0 saturated carbocycles. The van der Waals surface area contributed by atoms with Crippen LogP contribution in [0.25, 0.3) is 0 Å². The SMILES string of the molecule is O=C(Cc1cccnc1)N1CCC[C@]2(CCN(C(=O)c3cccs3)C2)C1. The number of hydrogen-bond donors (Lipinski definition) is 0. The summed E-state index contributed by atoms with van der Waals surface area (Å²) in [5, 5.41) is 1.94. The molecule has 2 saturated heterocycles. The fraction of sp³-hybridized carbons (Fsp3) is 0.450. The lowest BCUT2D eigenvalue weighted by atomic mass is 9.79. The smallest absolute Gasteiger partial charge is 0.263 e. The minimum atomic E-state index is 0.0652. The number of nitrogens with zero attached hydrogens (tertiary/aromatic N) is 3. The first-order valence-electron chi connectivity index (χ1n) is 9.15. The minimum Gasteiger partial charge on any atom is -0.342 e. The maximum absolute atomic E-state index is 12.7. The van der Waals surface area contributed by atoms with Gasteiger partial charge in [-0.1, -0.05) is 12.1 Å². The first-order chi connectivity index (χ1) is 12.7. The number of aromatic nitrogens is 1. The van der Waals surface area contributed by atoms with Crippen LogP contribution in [0.1, 0.15) is 34.5 Å². The summed E-state index contributed by atoms with van der Waals surface area (Å²) in [6.45, 7) is 3.14. The molecule has 2 aliphatic heterocycles. The number of thiophene rings is 1. The summed E-state index contributed by atoms with van der Waals surface area (Å²) in [5.41, 5.74) is 1.02. The number of pyridine rings is 1. The highest BCUT2D eigenvalue weighted by atomic mass is 32.1. The number of rotatable bonds is 3. The van der Waals surface area contributed by atoms with Crippen LogP contribution in [0.4, 0.5) is 0 Å². The van der Waals surface area contributed by atoms with Crippen molar-refractivity contribution in [1.29, 1.82) is 0 Å². The van der Waals surface area contributed by atoms with Crippen LogP contribution in [0.3, 0.4) is 0 Å². The Labute approximate surface area is 157 Å². The van der Waals surface area contributed by atoms with Crippen LogP contribution in [0, 0.1) is 5.41 Å². The fourth-order valence-corrected chi connectivity index (χ4v) is 4.90. The van der Waals surface area contributed by atoms with Crippen molar-refractivity contribution < 1.29 is 9.59 Å². The minimum absolute atomic E-state index is 0.0652. The number of likely N-dealkylation sites (tertiary alicyclic amines) is 2. The Morgan fingerprint density at radius 2 is 2.00 bits per heavy atom. The number of carbonyl (C=O) groups is 2. The third-order valence-electron chi connectivity index (χ3n) is 5.55. The molecule has 1 atom stereocenters. The number of amides is 2. The second kappa shape index (κ2) is 7.19. The fourth-order valence-electron chi connectivity index (χ4n) is 4.21. The topological polar surface area (TPSA) is 53.5 Å². The molecule has 5 nitrogen and oxygen atoms in total. The Balaban J connectivity index is 1.40. The highest BCUT2D eigenvalue weighted by Crippen LogP contribution is 2.39. The number of hydrogen-bond acceptors (Lipinski definition) is 4. The molecule has 6 heteroatoms. The van der Waals surface area contributed by atoms with Crippen LogP contribution in [0.2, 0.25) is 0 Å². The lowest BCUT2D eigenvalue weighted by Crippen LogP contribution is -2.48. The zero-order valence-corrected chi connectivity index (χ0v) is 15.6. The first kappa shape index (κ1) is 17.2. The van der Waals surface area contributed by atoms with Gasteiger partial charge in [-0.05, 0) is 42.3 Å². The molecule has 0 aromatic carbocycles. The molecule has 2 aromatic rings. The Kier molecular flexibility index (Phi) is 4.76. The quantitative estimate of drug-likeness (QED) is 0.836. The van der Waals surface area contributed by atoms with E-state index >= 15 is 0 Å². The van der Waals surface area contributed by atoms with E-state index in [4.69, 9.17) is 0 Å². The van der Waals surface area contributed by atoms with Crippen LogP contribution in [0.15, 0.2) is 42.0 Å². The van der Waals surface area contributed by atoms with Gasteiger partial charge in [-0.2, -0.15) is 0 Å². The summed E-state index contributed by atoms with van der Waals surface area (Å²) in [6.07, 6.45) is 6.98. The van der Waals surface area contributed by atoms with Crippen LogP contribution < -0.4 is 0 Å². The summed E-state index contributed by atoms with van der Waals surface area (Å²) >= 11 is 1.50. The maximum atomic E-state index is 12.7. The van der Waals surface area contributed by atoms with Gasteiger partial charge in [0.25, 0.3) is 5.91 Å². The third kappa shape index (κ3) is 3.51. The number of piperidine rings is 1. The second-order valence-electron chi connectivity index (χ2n) is 7.41. The standard InChI is InChI=1S/C20H23N3O2S/c24-18(12-16-4-1-8-21-13-16)22-9-3-6-20(14-22)7-10-23(15-20)19(25)17-5-2-11-26-17/h1-2,4-5,8,11,13H,3,6-7,9-10,12,14-15H2/t20-/m0/s1. The normalized spacial score (nSPS) is 22.8. The van der Waals surface area contributed by atoms with E-state index in [1.165, 1.54) is 11.3 Å². The number of carbonyl (C=O) groups excluding carboxylic acids is 2. The Morgan fingerprint density at radius 3 is 2.77 bits per heavy atom. The van der Waals surface area contributed by atoms with E-state index < -0.39 is 0 Å².